The molecule has 4 rings (SSSR count). The van der Waals surface area contributed by atoms with Crippen LogP contribution in [-0.2, 0) is 0 Å². The second-order valence-electron chi connectivity index (χ2n) is 5.69. The van der Waals surface area contributed by atoms with Gasteiger partial charge in [0.2, 0.25) is 10.9 Å². The van der Waals surface area contributed by atoms with Crippen LogP contribution in [0.15, 0.2) is 87.2 Å². The number of rotatable bonds is 2. The lowest BCUT2D eigenvalue weighted by Gasteiger charge is -2.05. The van der Waals surface area contributed by atoms with Gasteiger partial charge in [0, 0.05) is 10.8 Å². The minimum Gasteiger partial charge on any atom is -0.285 e. The van der Waals surface area contributed by atoms with E-state index in [0.717, 1.165) is 22.3 Å². The van der Waals surface area contributed by atoms with E-state index in [1.54, 1.807) is 18.2 Å². The maximum Gasteiger partial charge on any atom is 0.273 e. The van der Waals surface area contributed by atoms with Gasteiger partial charge in [0.05, 0.1) is 0 Å². The molecular formula is C21H12O3. The molecule has 0 aliphatic heterocycles. The fraction of sp³-hybridized carbons (Fsp3) is 0. The second kappa shape index (κ2) is 5.39. The molecule has 0 unspecified atom stereocenters. The van der Waals surface area contributed by atoms with Crippen LogP contribution in [0.2, 0.25) is 0 Å². The van der Waals surface area contributed by atoms with Gasteiger partial charge < -0.3 is 0 Å². The molecule has 0 bridgehead atoms. The molecule has 114 valence electrons. The molecule has 4 aromatic carbocycles. The van der Waals surface area contributed by atoms with Gasteiger partial charge in [-0.15, -0.1) is 0 Å². The van der Waals surface area contributed by atoms with Gasteiger partial charge in [-0.25, -0.2) is 0 Å². The van der Waals surface area contributed by atoms with Gasteiger partial charge in [-0.1, -0.05) is 60.7 Å². The number of benzene rings is 3. The number of fused-ring (bicyclic) bond motifs is 1. The Morgan fingerprint density at radius 1 is 0.417 bits per heavy atom. The van der Waals surface area contributed by atoms with Crippen LogP contribution >= 0.6 is 0 Å². The van der Waals surface area contributed by atoms with Crippen molar-refractivity contribution in [1.82, 2.24) is 0 Å². The highest BCUT2D eigenvalue weighted by Crippen LogP contribution is 2.25. The molecule has 4 aromatic rings. The van der Waals surface area contributed by atoms with E-state index in [1.165, 1.54) is 0 Å². The van der Waals surface area contributed by atoms with Crippen LogP contribution in [0.25, 0.3) is 33.0 Å². The molecule has 0 amide bonds. The highest BCUT2D eigenvalue weighted by molar-refractivity contribution is 5.88. The van der Waals surface area contributed by atoms with Crippen LogP contribution in [0, 0.1) is 0 Å². The van der Waals surface area contributed by atoms with Gasteiger partial charge in [-0.2, -0.15) is 0 Å². The SMILES string of the molecule is O=c1c(=O)c2ccc(-c3ccc(-c4ccccc4)cc3)cc2c1=O. The first kappa shape index (κ1) is 14.3. The molecule has 0 fully saturated rings. The van der Waals surface area contributed by atoms with Crippen LogP contribution < -0.4 is 16.3 Å². The second-order valence-corrected chi connectivity index (χ2v) is 5.69. The third-order valence-electron chi connectivity index (χ3n) is 4.25. The van der Waals surface area contributed by atoms with Gasteiger partial charge in [-0.3, -0.25) is 14.4 Å². The minimum atomic E-state index is -0.943. The first-order valence-electron chi connectivity index (χ1n) is 7.58. The molecule has 0 saturated heterocycles. The Hall–Kier alpha value is -3.33. The Morgan fingerprint density at radius 2 is 0.917 bits per heavy atom. The monoisotopic (exact) mass is 312 g/mol. The first-order valence-corrected chi connectivity index (χ1v) is 7.58. The molecule has 0 aliphatic rings. The van der Waals surface area contributed by atoms with E-state index in [1.807, 2.05) is 54.6 Å². The molecule has 0 atom stereocenters. The molecule has 0 N–H and O–H groups in total. The average molecular weight is 312 g/mol. The topological polar surface area (TPSA) is 51.2 Å². The largest absolute Gasteiger partial charge is 0.285 e. The Kier molecular flexibility index (Phi) is 3.21. The zero-order chi connectivity index (χ0) is 16.7. The summed E-state index contributed by atoms with van der Waals surface area (Å²) in [4.78, 5) is 35.1. The van der Waals surface area contributed by atoms with Gasteiger partial charge in [-0.05, 0) is 34.4 Å². The molecular weight excluding hydrogens is 300 g/mol. The number of hydrogen-bond acceptors (Lipinski definition) is 3. The predicted molar refractivity (Wildman–Crippen MR) is 96.0 cm³/mol. The lowest BCUT2D eigenvalue weighted by atomic mass is 9.99. The van der Waals surface area contributed by atoms with Crippen molar-refractivity contribution in [2.45, 2.75) is 0 Å². The zero-order valence-electron chi connectivity index (χ0n) is 12.7. The normalized spacial score (nSPS) is 11.0. The Labute approximate surface area is 137 Å². The quantitative estimate of drug-likeness (QED) is 0.534. The fourth-order valence-corrected chi connectivity index (χ4v) is 2.94. The maximum absolute atomic E-state index is 11.9. The highest BCUT2D eigenvalue weighted by atomic mass is 16.2. The molecule has 0 heterocycles. The Bertz CT molecular complexity index is 1180. The molecule has 0 aromatic heterocycles. The van der Waals surface area contributed by atoms with Crippen molar-refractivity contribution >= 4 is 10.8 Å². The van der Waals surface area contributed by atoms with Crippen molar-refractivity contribution in [1.29, 1.82) is 0 Å². The van der Waals surface area contributed by atoms with Gasteiger partial charge in [0.1, 0.15) is 0 Å². The molecule has 3 heteroatoms. The molecule has 0 radical (unpaired) electrons. The number of hydrogen-bond donors (Lipinski definition) is 0. The molecule has 0 saturated carbocycles. The summed E-state index contributed by atoms with van der Waals surface area (Å²) in [6, 6.07) is 22.9. The maximum atomic E-state index is 11.9. The van der Waals surface area contributed by atoms with Crippen molar-refractivity contribution < 1.29 is 0 Å². The highest BCUT2D eigenvalue weighted by Gasteiger charge is 2.13. The van der Waals surface area contributed by atoms with Crippen LogP contribution in [0.5, 0.6) is 0 Å². The van der Waals surface area contributed by atoms with E-state index < -0.39 is 16.3 Å². The lowest BCUT2D eigenvalue weighted by Crippen LogP contribution is -2.29. The van der Waals surface area contributed by atoms with Crippen LogP contribution in [0.4, 0.5) is 0 Å². The summed E-state index contributed by atoms with van der Waals surface area (Å²) in [6.07, 6.45) is 0. The standard InChI is InChI=1S/C21H12O3/c22-19-17-11-10-16(12-18(17)20(23)21(19)24)15-8-6-14(7-9-15)13-4-2-1-3-5-13/h1-12H. The van der Waals surface area contributed by atoms with E-state index in [9.17, 15) is 14.4 Å². The van der Waals surface area contributed by atoms with Gasteiger partial charge >= 0.3 is 0 Å². The predicted octanol–water partition coefficient (Wildman–Crippen LogP) is 3.13. The Morgan fingerprint density at radius 3 is 1.58 bits per heavy atom. The van der Waals surface area contributed by atoms with Gasteiger partial charge in [0.15, 0.2) is 0 Å². The molecule has 24 heavy (non-hydrogen) atoms. The van der Waals surface area contributed by atoms with Crippen LogP contribution in [0.1, 0.15) is 0 Å². The summed E-state index contributed by atoms with van der Waals surface area (Å²) in [6.45, 7) is 0. The summed E-state index contributed by atoms with van der Waals surface area (Å²) in [5.74, 6) is 0. The molecule has 0 spiro atoms. The summed E-state index contributed by atoms with van der Waals surface area (Å²) in [7, 11) is 0. The summed E-state index contributed by atoms with van der Waals surface area (Å²) < 4.78 is 0. The van der Waals surface area contributed by atoms with Crippen LogP contribution in [-0.4, -0.2) is 0 Å². The van der Waals surface area contributed by atoms with E-state index in [4.69, 9.17) is 0 Å². The van der Waals surface area contributed by atoms with Crippen molar-refractivity contribution in [3.63, 3.8) is 0 Å². The average Bonchev–Trinajstić information content (AvgIpc) is 2.86. The van der Waals surface area contributed by atoms with E-state index >= 15 is 0 Å². The zero-order valence-corrected chi connectivity index (χ0v) is 12.7. The van der Waals surface area contributed by atoms with Crippen molar-refractivity contribution in [3.8, 4) is 22.3 Å². The summed E-state index contributed by atoms with van der Waals surface area (Å²) in [5.41, 5.74) is 1.60. The van der Waals surface area contributed by atoms with Gasteiger partial charge in [0.25, 0.3) is 5.43 Å². The summed E-state index contributed by atoms with van der Waals surface area (Å²) >= 11 is 0. The van der Waals surface area contributed by atoms with E-state index in [2.05, 4.69) is 0 Å². The fourth-order valence-electron chi connectivity index (χ4n) is 2.94. The minimum absolute atomic E-state index is 0.203. The van der Waals surface area contributed by atoms with E-state index in [0.29, 0.717) is 0 Å². The van der Waals surface area contributed by atoms with Crippen molar-refractivity contribution in [2.24, 2.45) is 0 Å². The van der Waals surface area contributed by atoms with Crippen molar-refractivity contribution in [2.75, 3.05) is 0 Å². The molecule has 0 aliphatic carbocycles. The first-order chi connectivity index (χ1) is 11.6. The van der Waals surface area contributed by atoms with E-state index in [-0.39, 0.29) is 10.8 Å². The third-order valence-corrected chi connectivity index (χ3v) is 4.25. The third kappa shape index (κ3) is 2.18. The smallest absolute Gasteiger partial charge is 0.273 e. The molecule has 3 nitrogen and oxygen atoms in total. The van der Waals surface area contributed by atoms with Crippen LogP contribution in [0.3, 0.4) is 0 Å². The lowest BCUT2D eigenvalue weighted by molar-refractivity contribution is 1.56. The van der Waals surface area contributed by atoms with Crippen molar-refractivity contribution in [3.05, 3.63) is 103 Å². The summed E-state index contributed by atoms with van der Waals surface area (Å²) in [5, 5.41) is 0.407. The Balaban J connectivity index is 1.81.